The fourth-order valence-electron chi connectivity index (χ4n) is 1.31. The molecule has 0 saturated carbocycles. The van der Waals surface area contributed by atoms with Gasteiger partial charge in [0.05, 0.1) is 0 Å². The Kier molecular flexibility index (Phi) is 1.47. The molecule has 1 aromatic heterocycles. The van der Waals surface area contributed by atoms with E-state index in [1.165, 1.54) is 5.69 Å². The summed E-state index contributed by atoms with van der Waals surface area (Å²) in [7, 11) is 0. The maximum atomic E-state index is 2.22. The quantitative estimate of drug-likeness (QED) is 0.548. The largest absolute Gasteiger partial charge is 0.324 e. The zero-order valence-corrected chi connectivity index (χ0v) is 7.49. The zero-order chi connectivity index (χ0) is 8.60. The third-order valence-corrected chi connectivity index (χ3v) is 2.16. The number of nitrogens with zero attached hydrogens (tertiary/aromatic N) is 1. The summed E-state index contributed by atoms with van der Waals surface area (Å²) in [6.07, 6.45) is 10.8. The van der Waals surface area contributed by atoms with Crippen molar-refractivity contribution in [3.05, 3.63) is 36.2 Å². The van der Waals surface area contributed by atoms with Crippen LogP contribution in [0.2, 0.25) is 0 Å². The molecular weight excluding hydrogens is 146 g/mol. The second-order valence-corrected chi connectivity index (χ2v) is 3.81. The van der Waals surface area contributed by atoms with Gasteiger partial charge in [0.15, 0.2) is 0 Å². The number of hydrogen-bond acceptors (Lipinski definition) is 0. The van der Waals surface area contributed by atoms with Crippen LogP contribution in [0, 0.1) is 5.41 Å². The predicted molar refractivity (Wildman–Crippen MR) is 52.6 cm³/mol. The van der Waals surface area contributed by atoms with Crippen molar-refractivity contribution in [3.63, 3.8) is 0 Å². The summed E-state index contributed by atoms with van der Waals surface area (Å²) in [6.45, 7) is 4.40. The molecular formula is C11H13N. The van der Waals surface area contributed by atoms with Crippen molar-refractivity contribution in [2.75, 3.05) is 0 Å². The molecule has 0 radical (unpaired) electrons. The van der Waals surface area contributed by atoms with E-state index in [1.807, 2.05) is 0 Å². The molecule has 0 aliphatic carbocycles. The Hall–Kier alpha value is -1.24. The highest BCUT2D eigenvalue weighted by atomic mass is 14.9. The molecule has 1 aromatic rings. The van der Waals surface area contributed by atoms with Gasteiger partial charge in [-0.25, -0.2) is 0 Å². The lowest BCUT2D eigenvalue weighted by molar-refractivity contribution is 0.632. The molecule has 0 N–H and O–H groups in total. The van der Waals surface area contributed by atoms with Gasteiger partial charge < -0.3 is 4.57 Å². The maximum absolute atomic E-state index is 2.22. The van der Waals surface area contributed by atoms with Gasteiger partial charge in [-0.2, -0.15) is 0 Å². The number of aromatic nitrogens is 1. The van der Waals surface area contributed by atoms with E-state index in [-0.39, 0.29) is 5.41 Å². The van der Waals surface area contributed by atoms with Gasteiger partial charge >= 0.3 is 0 Å². The Morgan fingerprint density at radius 2 is 2.08 bits per heavy atom. The molecule has 1 aliphatic heterocycles. The third kappa shape index (κ3) is 1.22. The predicted octanol–water partition coefficient (Wildman–Crippen LogP) is 3.01. The van der Waals surface area contributed by atoms with Gasteiger partial charge in [-0.1, -0.05) is 26.0 Å². The number of fused-ring (bicyclic) bond motifs is 1. The van der Waals surface area contributed by atoms with E-state index in [0.29, 0.717) is 0 Å². The Balaban J connectivity index is 2.49. The number of hydrogen-bond donors (Lipinski definition) is 0. The van der Waals surface area contributed by atoms with Gasteiger partial charge in [0, 0.05) is 23.5 Å². The molecule has 0 bridgehead atoms. The third-order valence-electron chi connectivity index (χ3n) is 2.16. The summed E-state index contributed by atoms with van der Waals surface area (Å²) < 4.78 is 2.13. The van der Waals surface area contributed by atoms with Crippen LogP contribution in [0.5, 0.6) is 0 Å². The van der Waals surface area contributed by atoms with Crippen LogP contribution in [0.25, 0.3) is 12.3 Å². The van der Waals surface area contributed by atoms with Crippen LogP contribution in [0.4, 0.5) is 0 Å². The minimum Gasteiger partial charge on any atom is -0.324 e. The van der Waals surface area contributed by atoms with Crippen molar-refractivity contribution in [2.45, 2.75) is 13.8 Å². The SMILES string of the molecule is CC1(C)C=Cc2cccn2C=C1. The highest BCUT2D eigenvalue weighted by Crippen LogP contribution is 2.24. The van der Waals surface area contributed by atoms with Gasteiger partial charge in [-0.05, 0) is 18.2 Å². The van der Waals surface area contributed by atoms with Crippen molar-refractivity contribution in [1.82, 2.24) is 4.57 Å². The van der Waals surface area contributed by atoms with Crippen LogP contribution in [0.3, 0.4) is 0 Å². The summed E-state index contributed by atoms with van der Waals surface area (Å²) in [4.78, 5) is 0. The average Bonchev–Trinajstić information content (AvgIpc) is 2.40. The topological polar surface area (TPSA) is 4.93 Å². The molecule has 0 unspecified atom stereocenters. The highest BCUT2D eigenvalue weighted by Gasteiger charge is 2.11. The second-order valence-electron chi connectivity index (χ2n) is 3.81. The molecule has 1 heteroatoms. The smallest absolute Gasteiger partial charge is 0.0446 e. The van der Waals surface area contributed by atoms with Gasteiger partial charge in [-0.3, -0.25) is 0 Å². The fraction of sp³-hybridized carbons (Fsp3) is 0.273. The standard InChI is InChI=1S/C11H13N/c1-11(2)6-5-10-4-3-8-12(10)9-7-11/h3-9H,1-2H3. The first-order valence-electron chi connectivity index (χ1n) is 4.23. The molecule has 0 aromatic carbocycles. The lowest BCUT2D eigenvalue weighted by Crippen LogP contribution is -2.00. The van der Waals surface area contributed by atoms with E-state index in [0.717, 1.165) is 0 Å². The van der Waals surface area contributed by atoms with Crippen molar-refractivity contribution in [1.29, 1.82) is 0 Å². The van der Waals surface area contributed by atoms with E-state index in [4.69, 9.17) is 0 Å². The first-order valence-corrected chi connectivity index (χ1v) is 4.23. The Morgan fingerprint density at radius 3 is 2.92 bits per heavy atom. The zero-order valence-electron chi connectivity index (χ0n) is 7.49. The average molecular weight is 159 g/mol. The van der Waals surface area contributed by atoms with Crippen molar-refractivity contribution >= 4 is 12.3 Å². The lowest BCUT2D eigenvalue weighted by atomic mass is 9.93. The van der Waals surface area contributed by atoms with Crippen LogP contribution >= 0.6 is 0 Å². The molecule has 12 heavy (non-hydrogen) atoms. The molecule has 0 fully saturated rings. The Bertz CT molecular complexity index is 309. The van der Waals surface area contributed by atoms with E-state index in [9.17, 15) is 0 Å². The molecule has 1 nitrogen and oxygen atoms in total. The lowest BCUT2D eigenvalue weighted by Gasteiger charge is -2.11. The summed E-state index contributed by atoms with van der Waals surface area (Å²) >= 11 is 0. The van der Waals surface area contributed by atoms with Crippen LogP contribution in [-0.2, 0) is 0 Å². The summed E-state index contributed by atoms with van der Waals surface area (Å²) in [6, 6.07) is 4.17. The van der Waals surface area contributed by atoms with E-state index in [2.05, 4.69) is 61.2 Å². The van der Waals surface area contributed by atoms with Gasteiger partial charge in [0.25, 0.3) is 0 Å². The van der Waals surface area contributed by atoms with Gasteiger partial charge in [-0.15, -0.1) is 0 Å². The van der Waals surface area contributed by atoms with Crippen molar-refractivity contribution in [2.24, 2.45) is 5.41 Å². The minimum absolute atomic E-state index is 0.180. The van der Waals surface area contributed by atoms with Crippen LogP contribution in [0.15, 0.2) is 30.5 Å². The molecule has 1 aliphatic rings. The number of allylic oxidation sites excluding steroid dienone is 2. The number of rotatable bonds is 0. The van der Waals surface area contributed by atoms with Crippen molar-refractivity contribution < 1.29 is 0 Å². The van der Waals surface area contributed by atoms with Gasteiger partial charge in [0.2, 0.25) is 0 Å². The molecule has 0 amide bonds. The summed E-state index contributed by atoms with van der Waals surface area (Å²) in [5.41, 5.74) is 1.43. The van der Waals surface area contributed by atoms with E-state index in [1.54, 1.807) is 0 Å². The molecule has 0 atom stereocenters. The molecule has 0 spiro atoms. The molecule has 2 rings (SSSR count). The van der Waals surface area contributed by atoms with E-state index < -0.39 is 0 Å². The van der Waals surface area contributed by atoms with Crippen LogP contribution in [0.1, 0.15) is 19.5 Å². The second kappa shape index (κ2) is 2.37. The Morgan fingerprint density at radius 1 is 1.25 bits per heavy atom. The first kappa shape index (κ1) is 7.41. The molecule has 62 valence electrons. The first-order chi connectivity index (χ1) is 5.67. The molecule has 0 saturated heterocycles. The van der Waals surface area contributed by atoms with E-state index >= 15 is 0 Å². The molecule has 2 heterocycles. The normalized spacial score (nSPS) is 18.8. The fourth-order valence-corrected chi connectivity index (χ4v) is 1.31. The monoisotopic (exact) mass is 159 g/mol. The van der Waals surface area contributed by atoms with Gasteiger partial charge in [0.1, 0.15) is 0 Å². The Labute approximate surface area is 73.0 Å². The maximum Gasteiger partial charge on any atom is 0.0446 e. The highest BCUT2D eigenvalue weighted by molar-refractivity contribution is 5.54. The van der Waals surface area contributed by atoms with Crippen LogP contribution in [-0.4, -0.2) is 4.57 Å². The van der Waals surface area contributed by atoms with Crippen LogP contribution < -0.4 is 0 Å². The summed E-state index contributed by atoms with van der Waals surface area (Å²) in [5, 5.41) is 0. The van der Waals surface area contributed by atoms with Crippen molar-refractivity contribution in [3.8, 4) is 0 Å². The minimum atomic E-state index is 0.180. The summed E-state index contributed by atoms with van der Waals surface area (Å²) in [5.74, 6) is 0.